The van der Waals surface area contributed by atoms with E-state index in [-0.39, 0.29) is 19.1 Å². The van der Waals surface area contributed by atoms with Crippen molar-refractivity contribution in [2.24, 2.45) is 5.73 Å². The van der Waals surface area contributed by atoms with Crippen LogP contribution in [0.4, 0.5) is 0 Å². The van der Waals surface area contributed by atoms with Crippen LogP contribution in [0.1, 0.15) is 15.9 Å². The zero-order valence-corrected chi connectivity index (χ0v) is 11.7. The highest BCUT2D eigenvalue weighted by Gasteiger charge is 2.15. The normalized spacial score (nSPS) is 11.5. The van der Waals surface area contributed by atoms with Gasteiger partial charge in [-0.2, -0.15) is 0 Å². The molecule has 1 heterocycles. The van der Waals surface area contributed by atoms with Gasteiger partial charge in [0.25, 0.3) is 0 Å². The summed E-state index contributed by atoms with van der Waals surface area (Å²) in [6.07, 6.45) is 0. The lowest BCUT2D eigenvalue weighted by molar-refractivity contribution is 0.100. The summed E-state index contributed by atoms with van der Waals surface area (Å²) in [4.78, 5) is 11.2. The van der Waals surface area contributed by atoms with E-state index in [0.717, 1.165) is 0 Å². The van der Waals surface area contributed by atoms with Crippen LogP contribution in [0.2, 0.25) is 0 Å². The number of aryl methyl sites for hydroxylation is 1. The van der Waals surface area contributed by atoms with Crippen LogP contribution in [0.3, 0.4) is 0 Å². The molecule has 5 nitrogen and oxygen atoms in total. The van der Waals surface area contributed by atoms with E-state index >= 15 is 0 Å². The number of benzene rings is 2. The van der Waals surface area contributed by atoms with Crippen LogP contribution in [0.25, 0.3) is 0 Å². The molecule has 1 aliphatic rings. The molecule has 0 saturated carbocycles. The summed E-state index contributed by atoms with van der Waals surface area (Å²) in [5.41, 5.74) is 6.96. The molecule has 3 N–H and O–H groups in total. The quantitative estimate of drug-likeness (QED) is 0.828. The summed E-state index contributed by atoms with van der Waals surface area (Å²) in [6.45, 7) is 2.22. The van der Waals surface area contributed by atoms with Crippen molar-refractivity contribution < 1.29 is 19.4 Å². The molecule has 0 saturated heterocycles. The minimum absolute atomic E-state index is 0.0135. The lowest BCUT2D eigenvalue weighted by atomic mass is 10.1. The molecule has 0 bridgehead atoms. The fourth-order valence-electron chi connectivity index (χ4n) is 1.73. The standard InChI is InChI=1S/C9H9NO3.C7H8O/c10-4-7(11)6-1-2-8-9(3-6)13-5-12-8;1-6-2-4-7(8)5-3-6/h1-3H,4-5,10H2;2-5,8H,1H3. The molecule has 1 aliphatic heterocycles. The SMILES string of the molecule is Cc1ccc(O)cc1.NCC(=O)c1ccc2c(c1)OCO2. The fourth-order valence-corrected chi connectivity index (χ4v) is 1.73. The molecule has 110 valence electrons. The Morgan fingerprint density at radius 2 is 1.81 bits per heavy atom. The molecule has 0 unspecified atom stereocenters. The van der Waals surface area contributed by atoms with Crippen LogP contribution in [0.5, 0.6) is 17.2 Å². The molecule has 2 aromatic rings. The number of rotatable bonds is 2. The van der Waals surface area contributed by atoms with Crippen molar-refractivity contribution in [2.45, 2.75) is 6.92 Å². The van der Waals surface area contributed by atoms with Gasteiger partial charge >= 0.3 is 0 Å². The number of carbonyl (C=O) groups excluding carboxylic acids is 1. The van der Waals surface area contributed by atoms with Crippen molar-refractivity contribution in [1.29, 1.82) is 0 Å². The van der Waals surface area contributed by atoms with E-state index in [2.05, 4.69) is 0 Å². The van der Waals surface area contributed by atoms with Gasteiger partial charge in [-0.25, -0.2) is 0 Å². The lowest BCUT2D eigenvalue weighted by Crippen LogP contribution is -2.13. The van der Waals surface area contributed by atoms with E-state index in [0.29, 0.717) is 22.8 Å². The minimum atomic E-state index is -0.0988. The topological polar surface area (TPSA) is 81.8 Å². The van der Waals surface area contributed by atoms with Crippen molar-refractivity contribution in [3.63, 3.8) is 0 Å². The van der Waals surface area contributed by atoms with Gasteiger partial charge in [0.1, 0.15) is 5.75 Å². The molecule has 3 rings (SSSR count). The number of phenols is 1. The van der Waals surface area contributed by atoms with Gasteiger partial charge < -0.3 is 20.3 Å². The van der Waals surface area contributed by atoms with Gasteiger partial charge in [0.05, 0.1) is 6.54 Å². The number of phenolic OH excluding ortho intramolecular Hbond substituents is 1. The third-order valence-corrected chi connectivity index (χ3v) is 2.91. The molecular formula is C16H17NO4. The molecule has 0 aliphatic carbocycles. The maximum Gasteiger partial charge on any atom is 0.231 e. The van der Waals surface area contributed by atoms with E-state index in [1.54, 1.807) is 30.3 Å². The Balaban J connectivity index is 0.000000173. The number of carbonyl (C=O) groups is 1. The second-order valence-corrected chi connectivity index (χ2v) is 4.53. The van der Waals surface area contributed by atoms with Gasteiger partial charge in [-0.15, -0.1) is 0 Å². The summed E-state index contributed by atoms with van der Waals surface area (Å²) in [5, 5.41) is 8.76. The van der Waals surface area contributed by atoms with E-state index in [9.17, 15) is 4.79 Å². The van der Waals surface area contributed by atoms with E-state index in [1.165, 1.54) is 5.56 Å². The Hall–Kier alpha value is -2.53. The summed E-state index contributed by atoms with van der Waals surface area (Å²) >= 11 is 0. The molecule has 0 spiro atoms. The second-order valence-electron chi connectivity index (χ2n) is 4.53. The van der Waals surface area contributed by atoms with E-state index < -0.39 is 0 Å². The third-order valence-electron chi connectivity index (χ3n) is 2.91. The highest BCUT2D eigenvalue weighted by molar-refractivity contribution is 5.98. The fraction of sp³-hybridized carbons (Fsp3) is 0.188. The van der Waals surface area contributed by atoms with Gasteiger partial charge in [0.15, 0.2) is 17.3 Å². The van der Waals surface area contributed by atoms with Gasteiger partial charge in [-0.05, 0) is 37.3 Å². The molecule has 0 aromatic heterocycles. The molecule has 0 fully saturated rings. The summed E-state index contributed by atoms with van der Waals surface area (Å²) in [5.74, 6) is 1.52. The number of aromatic hydroxyl groups is 1. The van der Waals surface area contributed by atoms with Gasteiger partial charge in [0, 0.05) is 5.56 Å². The Bertz CT molecular complexity index is 602. The molecule has 0 radical (unpaired) electrons. The van der Waals surface area contributed by atoms with Crippen LogP contribution in [-0.2, 0) is 0 Å². The monoisotopic (exact) mass is 287 g/mol. The highest BCUT2D eigenvalue weighted by Crippen LogP contribution is 2.32. The number of Topliss-reactive ketones (excluding diaryl/α,β-unsaturated/α-hetero) is 1. The molecule has 2 aromatic carbocycles. The smallest absolute Gasteiger partial charge is 0.231 e. The second kappa shape index (κ2) is 6.76. The number of ketones is 1. The lowest BCUT2D eigenvalue weighted by Gasteiger charge is -1.99. The van der Waals surface area contributed by atoms with Crippen molar-refractivity contribution in [2.75, 3.05) is 13.3 Å². The number of hydrogen-bond donors (Lipinski definition) is 2. The van der Waals surface area contributed by atoms with Crippen LogP contribution < -0.4 is 15.2 Å². The molecule has 0 atom stereocenters. The average Bonchev–Trinajstić information content (AvgIpc) is 2.97. The first-order valence-corrected chi connectivity index (χ1v) is 6.48. The largest absolute Gasteiger partial charge is 0.508 e. The van der Waals surface area contributed by atoms with Crippen molar-refractivity contribution in [3.8, 4) is 17.2 Å². The summed E-state index contributed by atoms with van der Waals surface area (Å²) < 4.78 is 10.2. The molecular weight excluding hydrogens is 270 g/mol. The number of nitrogens with two attached hydrogens (primary N) is 1. The van der Waals surface area contributed by atoms with Crippen LogP contribution in [-0.4, -0.2) is 24.2 Å². The first kappa shape index (κ1) is 14.9. The molecule has 0 amide bonds. The third kappa shape index (κ3) is 3.97. The van der Waals surface area contributed by atoms with Crippen molar-refractivity contribution in [1.82, 2.24) is 0 Å². The van der Waals surface area contributed by atoms with Crippen molar-refractivity contribution >= 4 is 5.78 Å². The van der Waals surface area contributed by atoms with Gasteiger partial charge in [-0.3, -0.25) is 4.79 Å². The maximum atomic E-state index is 11.2. The van der Waals surface area contributed by atoms with Crippen LogP contribution >= 0.6 is 0 Å². The number of ether oxygens (including phenoxy) is 2. The zero-order chi connectivity index (χ0) is 15.2. The Labute approximate surface area is 122 Å². The van der Waals surface area contributed by atoms with Crippen LogP contribution in [0.15, 0.2) is 42.5 Å². The minimum Gasteiger partial charge on any atom is -0.508 e. The predicted octanol–water partition coefficient (Wildman–Crippen LogP) is 2.26. The van der Waals surface area contributed by atoms with Gasteiger partial charge in [-0.1, -0.05) is 17.7 Å². The van der Waals surface area contributed by atoms with Crippen LogP contribution in [0, 0.1) is 6.92 Å². The summed E-state index contributed by atoms with van der Waals surface area (Å²) in [7, 11) is 0. The molecule has 5 heteroatoms. The zero-order valence-electron chi connectivity index (χ0n) is 11.7. The van der Waals surface area contributed by atoms with E-state index in [4.69, 9.17) is 20.3 Å². The van der Waals surface area contributed by atoms with Crippen molar-refractivity contribution in [3.05, 3.63) is 53.6 Å². The number of hydrogen-bond acceptors (Lipinski definition) is 5. The number of fused-ring (bicyclic) bond motifs is 1. The first-order valence-electron chi connectivity index (χ1n) is 6.48. The summed E-state index contributed by atoms with van der Waals surface area (Å²) in [6, 6.07) is 12.1. The highest BCUT2D eigenvalue weighted by atomic mass is 16.7. The molecule has 21 heavy (non-hydrogen) atoms. The predicted molar refractivity (Wildman–Crippen MR) is 78.8 cm³/mol. The Kier molecular flexibility index (Phi) is 4.79. The Morgan fingerprint density at radius 1 is 1.14 bits per heavy atom. The average molecular weight is 287 g/mol. The Morgan fingerprint density at radius 3 is 2.43 bits per heavy atom. The van der Waals surface area contributed by atoms with E-state index in [1.807, 2.05) is 19.1 Å². The van der Waals surface area contributed by atoms with Gasteiger partial charge in [0.2, 0.25) is 6.79 Å². The maximum absolute atomic E-state index is 11.2. The first-order chi connectivity index (χ1) is 10.1.